The molecule has 0 unspecified atom stereocenters. The molecule has 2 heterocycles. The summed E-state index contributed by atoms with van der Waals surface area (Å²) in [6, 6.07) is 22.6. The van der Waals surface area contributed by atoms with Crippen LogP contribution in [0.4, 0.5) is 16.0 Å². The Labute approximate surface area is 206 Å². The van der Waals surface area contributed by atoms with E-state index in [1.54, 1.807) is 18.3 Å². The normalized spacial score (nSPS) is 10.5. The van der Waals surface area contributed by atoms with E-state index >= 15 is 0 Å². The molecule has 3 N–H and O–H groups in total. The van der Waals surface area contributed by atoms with E-state index in [9.17, 15) is 9.18 Å². The second-order valence-electron chi connectivity index (χ2n) is 7.74. The van der Waals surface area contributed by atoms with Gasteiger partial charge in [-0.1, -0.05) is 30.8 Å². The van der Waals surface area contributed by atoms with E-state index in [4.69, 9.17) is 10.5 Å². The number of benzene rings is 3. The van der Waals surface area contributed by atoms with E-state index in [1.807, 2.05) is 30.3 Å². The summed E-state index contributed by atoms with van der Waals surface area (Å²) >= 11 is 0. The molecule has 0 aliphatic heterocycles. The minimum atomic E-state index is -0.550. The van der Waals surface area contributed by atoms with Crippen molar-refractivity contribution in [2.75, 3.05) is 11.1 Å². The first-order valence-corrected chi connectivity index (χ1v) is 10.8. The van der Waals surface area contributed by atoms with Gasteiger partial charge >= 0.3 is 0 Å². The van der Waals surface area contributed by atoms with E-state index in [2.05, 4.69) is 39.0 Å². The van der Waals surface area contributed by atoms with Crippen molar-refractivity contribution in [3.8, 4) is 33.9 Å². The predicted molar refractivity (Wildman–Crippen MR) is 136 cm³/mol. The van der Waals surface area contributed by atoms with Gasteiger partial charge in [-0.15, -0.1) is 0 Å². The number of rotatable bonds is 6. The molecule has 0 bridgehead atoms. The molecule has 0 fully saturated rings. The molecule has 0 saturated carbocycles. The molecule has 7 nitrogen and oxygen atoms in total. The molecule has 0 aliphatic rings. The molecule has 36 heavy (non-hydrogen) atoms. The number of hydrogen-bond acceptors (Lipinski definition) is 6. The summed E-state index contributed by atoms with van der Waals surface area (Å²) in [5, 5.41) is 3.47. The molecular formula is C28H18FN5O2. The lowest BCUT2D eigenvalue weighted by molar-refractivity contribution is -0.111. The monoisotopic (exact) mass is 475 g/mol. The van der Waals surface area contributed by atoms with Gasteiger partial charge in [0, 0.05) is 22.8 Å². The number of hydrogen-bond donors (Lipinski definition) is 2. The van der Waals surface area contributed by atoms with Crippen molar-refractivity contribution in [1.29, 1.82) is 0 Å². The highest BCUT2D eigenvalue weighted by molar-refractivity contribution is 6.01. The number of anilines is 2. The summed E-state index contributed by atoms with van der Waals surface area (Å²) in [5.41, 5.74) is 9.97. The first-order valence-electron chi connectivity index (χ1n) is 10.8. The molecule has 2 aromatic heterocycles. The van der Waals surface area contributed by atoms with Crippen LogP contribution in [0, 0.1) is 17.9 Å². The molecule has 0 radical (unpaired) electrons. The number of carbonyl (C=O) groups is 1. The number of nitrogen functional groups attached to an aromatic ring is 1. The molecular weight excluding hydrogens is 457 g/mol. The number of aromatic nitrogens is 3. The van der Waals surface area contributed by atoms with Gasteiger partial charge in [-0.3, -0.25) is 4.79 Å². The fourth-order valence-electron chi connectivity index (χ4n) is 3.71. The van der Waals surface area contributed by atoms with Crippen LogP contribution in [0.5, 0.6) is 11.6 Å². The lowest BCUT2D eigenvalue weighted by atomic mass is 9.95. The number of amides is 1. The van der Waals surface area contributed by atoms with Crippen molar-refractivity contribution in [2.45, 2.75) is 0 Å². The van der Waals surface area contributed by atoms with Gasteiger partial charge in [0.2, 0.25) is 17.7 Å². The Hall–Kier alpha value is -5.29. The summed E-state index contributed by atoms with van der Waals surface area (Å²) in [7, 11) is 0. The molecule has 3 aromatic carbocycles. The average molecular weight is 475 g/mol. The Bertz CT molecular complexity index is 1610. The van der Waals surface area contributed by atoms with E-state index in [-0.39, 0.29) is 23.5 Å². The number of fused-ring (bicyclic) bond motifs is 1. The molecule has 5 aromatic rings. The maximum Gasteiger partial charge on any atom is 0.247 e. The highest BCUT2D eigenvalue weighted by atomic mass is 19.1. The lowest BCUT2D eigenvalue weighted by Gasteiger charge is -2.13. The topological polar surface area (TPSA) is 103 Å². The number of nitrogens with one attached hydrogen (secondary N) is 1. The molecule has 0 saturated heterocycles. The third-order valence-corrected chi connectivity index (χ3v) is 5.34. The first kappa shape index (κ1) is 22.5. The van der Waals surface area contributed by atoms with E-state index in [1.165, 1.54) is 30.5 Å². The van der Waals surface area contributed by atoms with Crippen LogP contribution >= 0.6 is 0 Å². The molecule has 5 rings (SSSR count). The Morgan fingerprint density at radius 2 is 1.94 bits per heavy atom. The SMILES string of the molecule is C=CC(=O)Nc1cccc(-c2cc(-c3ccc(Oc4cc#ccn4)c(F)c3)cc3cnc(N)nc23)c1. The van der Waals surface area contributed by atoms with E-state index < -0.39 is 5.82 Å². The second kappa shape index (κ2) is 9.52. The number of nitrogens with zero attached hydrogens (tertiary/aromatic N) is 3. The van der Waals surface area contributed by atoms with Gasteiger partial charge in [-0.25, -0.2) is 19.3 Å². The van der Waals surface area contributed by atoms with E-state index in [0.717, 1.165) is 22.1 Å². The van der Waals surface area contributed by atoms with Gasteiger partial charge in [0.25, 0.3) is 0 Å². The molecule has 0 spiro atoms. The number of ether oxygens (including phenoxy) is 1. The zero-order chi connectivity index (χ0) is 25.1. The fraction of sp³-hybridized carbons (Fsp3) is 0. The van der Waals surface area contributed by atoms with Gasteiger partial charge in [0.15, 0.2) is 11.6 Å². The van der Waals surface area contributed by atoms with Crippen LogP contribution in [0.3, 0.4) is 0 Å². The Morgan fingerprint density at radius 1 is 1.06 bits per heavy atom. The highest BCUT2D eigenvalue weighted by Crippen LogP contribution is 2.36. The third kappa shape index (κ3) is 4.67. The largest absolute Gasteiger partial charge is 0.435 e. The van der Waals surface area contributed by atoms with Crippen LogP contribution in [0.1, 0.15) is 0 Å². The van der Waals surface area contributed by atoms with Crippen molar-refractivity contribution in [3.63, 3.8) is 0 Å². The van der Waals surface area contributed by atoms with Crippen molar-refractivity contribution < 1.29 is 13.9 Å². The first-order chi connectivity index (χ1) is 17.5. The zero-order valence-corrected chi connectivity index (χ0v) is 18.8. The molecule has 0 aliphatic carbocycles. The van der Waals surface area contributed by atoms with Crippen molar-refractivity contribution in [3.05, 3.63) is 104 Å². The molecule has 8 heteroatoms. The summed E-state index contributed by atoms with van der Waals surface area (Å²) in [6.07, 6.45) is 4.21. The standard InChI is InChI=1S/C28H18FN5O2/c1-2-25(35)33-21-7-5-6-18(13-21)22-14-19(12-20-16-32-28(30)34-27(20)22)17-9-10-24(23(29)15-17)36-26-8-3-4-11-31-26/h2,5-16H,1H2,(H,33,35)(H2,30,32,34). The van der Waals surface area contributed by atoms with Crippen LogP contribution < -0.4 is 15.8 Å². The number of halogens is 1. The molecule has 174 valence electrons. The van der Waals surface area contributed by atoms with Crippen LogP contribution in [-0.4, -0.2) is 20.9 Å². The number of nitrogens with two attached hydrogens (primary N) is 1. The van der Waals surface area contributed by atoms with Crippen LogP contribution in [0.15, 0.2) is 85.7 Å². The Kier molecular flexibility index (Phi) is 5.95. The van der Waals surface area contributed by atoms with Crippen molar-refractivity contribution in [1.82, 2.24) is 15.0 Å². The number of carbonyl (C=O) groups excluding carboxylic acids is 1. The quantitative estimate of drug-likeness (QED) is 0.310. The van der Waals surface area contributed by atoms with Gasteiger partial charge in [0.1, 0.15) is 0 Å². The second-order valence-corrected chi connectivity index (χ2v) is 7.74. The zero-order valence-electron chi connectivity index (χ0n) is 18.8. The van der Waals surface area contributed by atoms with Gasteiger partial charge in [0.05, 0.1) is 17.8 Å². The maximum atomic E-state index is 15.0. The lowest BCUT2D eigenvalue weighted by Crippen LogP contribution is -2.07. The van der Waals surface area contributed by atoms with Gasteiger partial charge < -0.3 is 15.8 Å². The summed E-state index contributed by atoms with van der Waals surface area (Å²) in [6.45, 7) is 3.48. The highest BCUT2D eigenvalue weighted by Gasteiger charge is 2.14. The summed E-state index contributed by atoms with van der Waals surface area (Å²) in [5.74, 6) is -0.493. The van der Waals surface area contributed by atoms with Gasteiger partial charge in [-0.05, 0) is 65.2 Å². The van der Waals surface area contributed by atoms with Crippen LogP contribution in [0.2, 0.25) is 0 Å². The summed E-state index contributed by atoms with van der Waals surface area (Å²) in [4.78, 5) is 24.3. The smallest absolute Gasteiger partial charge is 0.247 e. The van der Waals surface area contributed by atoms with Crippen molar-refractivity contribution >= 4 is 28.4 Å². The van der Waals surface area contributed by atoms with Crippen LogP contribution in [0.25, 0.3) is 33.2 Å². The Balaban J connectivity index is 1.59. The molecule has 1 amide bonds. The Morgan fingerprint density at radius 3 is 2.72 bits per heavy atom. The van der Waals surface area contributed by atoms with Gasteiger partial charge in [-0.2, -0.15) is 0 Å². The van der Waals surface area contributed by atoms with Crippen LogP contribution in [-0.2, 0) is 4.79 Å². The molecule has 0 atom stereocenters. The average Bonchev–Trinajstić information content (AvgIpc) is 2.90. The minimum Gasteiger partial charge on any atom is -0.435 e. The minimum absolute atomic E-state index is 0.0358. The van der Waals surface area contributed by atoms with Crippen molar-refractivity contribution in [2.24, 2.45) is 0 Å². The predicted octanol–water partition coefficient (Wildman–Crippen LogP) is 5.60. The fourth-order valence-corrected chi connectivity index (χ4v) is 3.71. The van der Waals surface area contributed by atoms with E-state index in [0.29, 0.717) is 16.8 Å². The maximum absolute atomic E-state index is 15.0. The summed E-state index contributed by atoms with van der Waals surface area (Å²) < 4.78 is 20.5. The third-order valence-electron chi connectivity index (χ3n) is 5.34.